The van der Waals surface area contributed by atoms with Gasteiger partial charge in [0, 0.05) is 18.2 Å². The molecule has 13 heteroatoms. The van der Waals surface area contributed by atoms with E-state index in [9.17, 15) is 17.2 Å². The Morgan fingerprint density at radius 1 is 0.971 bits per heavy atom. The third-order valence-corrected chi connectivity index (χ3v) is 6.22. The van der Waals surface area contributed by atoms with Crippen molar-refractivity contribution in [1.82, 2.24) is 24.5 Å². The van der Waals surface area contributed by atoms with Crippen molar-refractivity contribution >= 4 is 15.7 Å². The minimum atomic E-state index is -4.40. The molecule has 2 heterocycles. The third kappa shape index (κ3) is 4.61. The number of sulfonamides is 1. The molecule has 0 saturated carbocycles. The van der Waals surface area contributed by atoms with Crippen molar-refractivity contribution in [3.8, 4) is 28.8 Å². The molecule has 0 unspecified atom stereocenters. The fraction of sp³-hybridized carbons (Fsp3) is 0.190. The zero-order chi connectivity index (χ0) is 24.3. The molecule has 0 aliphatic heterocycles. The van der Waals surface area contributed by atoms with Gasteiger partial charge in [0.2, 0.25) is 15.9 Å². The molecule has 0 fully saturated rings. The van der Waals surface area contributed by atoms with Crippen molar-refractivity contribution in [2.75, 3.05) is 27.4 Å². The quantitative estimate of drug-likeness (QED) is 0.355. The Hall–Kier alpha value is -3.84. The Balaban J connectivity index is 1.48. The zero-order valence-electron chi connectivity index (χ0n) is 18.0. The van der Waals surface area contributed by atoms with E-state index in [-0.39, 0.29) is 19.0 Å². The summed E-state index contributed by atoms with van der Waals surface area (Å²) < 4.78 is 71.6. The predicted octanol–water partition coefficient (Wildman–Crippen LogP) is 2.44. The maximum atomic E-state index is 13.8. The highest BCUT2D eigenvalue weighted by molar-refractivity contribution is 7.89. The van der Waals surface area contributed by atoms with Gasteiger partial charge in [0.25, 0.3) is 0 Å². The fourth-order valence-corrected chi connectivity index (χ4v) is 4.29. The zero-order valence-corrected chi connectivity index (χ0v) is 18.8. The molecule has 0 spiro atoms. The Morgan fingerprint density at radius 2 is 1.71 bits per heavy atom. The van der Waals surface area contributed by atoms with Crippen LogP contribution < -0.4 is 18.9 Å². The lowest BCUT2D eigenvalue weighted by molar-refractivity contribution is 0.305. The van der Waals surface area contributed by atoms with Crippen LogP contribution in [0.1, 0.15) is 0 Å². The Labute approximate surface area is 193 Å². The first-order valence-electron chi connectivity index (χ1n) is 9.85. The van der Waals surface area contributed by atoms with Crippen LogP contribution in [0.25, 0.3) is 17.0 Å². The van der Waals surface area contributed by atoms with E-state index < -0.39 is 26.6 Å². The second-order valence-corrected chi connectivity index (χ2v) is 8.54. The Morgan fingerprint density at radius 3 is 2.41 bits per heavy atom. The number of halogens is 2. The molecule has 0 saturated heterocycles. The summed E-state index contributed by atoms with van der Waals surface area (Å²) in [7, 11) is -1.36. The van der Waals surface area contributed by atoms with E-state index in [2.05, 4.69) is 20.0 Å². The average Bonchev–Trinajstić information content (AvgIpc) is 3.24. The van der Waals surface area contributed by atoms with Crippen LogP contribution in [0.5, 0.6) is 17.4 Å². The van der Waals surface area contributed by atoms with E-state index in [1.807, 2.05) is 0 Å². The molecule has 0 atom stereocenters. The summed E-state index contributed by atoms with van der Waals surface area (Å²) in [6.45, 7) is -0.401. The Bertz CT molecular complexity index is 1420. The molecule has 0 aliphatic carbocycles. The summed E-state index contributed by atoms with van der Waals surface area (Å²) in [4.78, 5) is -1.04. The van der Waals surface area contributed by atoms with Crippen LogP contribution in [-0.4, -0.2) is 55.6 Å². The molecule has 178 valence electrons. The minimum absolute atomic E-state index is 0.151. The number of fused-ring (bicyclic) bond motifs is 1. The highest BCUT2D eigenvalue weighted by atomic mass is 32.2. The van der Waals surface area contributed by atoms with Gasteiger partial charge < -0.3 is 14.2 Å². The molecule has 0 aliphatic rings. The molecule has 0 bridgehead atoms. The van der Waals surface area contributed by atoms with Gasteiger partial charge in [-0.25, -0.2) is 21.9 Å². The topological polar surface area (TPSA) is 117 Å². The van der Waals surface area contributed by atoms with Crippen molar-refractivity contribution in [1.29, 1.82) is 0 Å². The van der Waals surface area contributed by atoms with Crippen LogP contribution in [0.2, 0.25) is 0 Å². The van der Waals surface area contributed by atoms with Crippen LogP contribution in [0.3, 0.4) is 0 Å². The summed E-state index contributed by atoms with van der Waals surface area (Å²) in [5.41, 5.74) is 1.11. The number of aromatic nitrogens is 4. The summed E-state index contributed by atoms with van der Waals surface area (Å²) in [6.07, 6.45) is 0. The van der Waals surface area contributed by atoms with Crippen molar-refractivity contribution in [2.24, 2.45) is 0 Å². The van der Waals surface area contributed by atoms with Crippen molar-refractivity contribution in [2.45, 2.75) is 4.90 Å². The first-order chi connectivity index (χ1) is 16.3. The summed E-state index contributed by atoms with van der Waals surface area (Å²) in [5, 5.41) is 12.6. The van der Waals surface area contributed by atoms with Gasteiger partial charge >= 0.3 is 0 Å². The van der Waals surface area contributed by atoms with Crippen LogP contribution in [0.15, 0.2) is 53.4 Å². The number of rotatable bonds is 9. The number of benzene rings is 2. The molecule has 4 rings (SSSR count). The van der Waals surface area contributed by atoms with Gasteiger partial charge in [-0.15, -0.1) is 15.3 Å². The summed E-state index contributed by atoms with van der Waals surface area (Å²) >= 11 is 0. The fourth-order valence-electron chi connectivity index (χ4n) is 3.15. The van der Waals surface area contributed by atoms with Crippen LogP contribution >= 0.6 is 0 Å². The largest absolute Gasteiger partial charge is 0.493 e. The number of hydrogen-bond acceptors (Lipinski definition) is 8. The van der Waals surface area contributed by atoms with Crippen molar-refractivity contribution in [3.63, 3.8) is 0 Å². The lowest BCUT2D eigenvalue weighted by atomic mass is 10.2. The third-order valence-electron chi connectivity index (χ3n) is 4.71. The van der Waals surface area contributed by atoms with E-state index in [1.54, 1.807) is 24.3 Å². The number of nitrogens with one attached hydrogen (secondary N) is 1. The van der Waals surface area contributed by atoms with Gasteiger partial charge in [-0.1, -0.05) is 6.07 Å². The molecule has 4 aromatic rings. The van der Waals surface area contributed by atoms with Gasteiger partial charge in [-0.3, -0.25) is 0 Å². The van der Waals surface area contributed by atoms with E-state index in [1.165, 1.54) is 24.8 Å². The molecule has 0 radical (unpaired) electrons. The number of ether oxygens (including phenoxy) is 3. The second kappa shape index (κ2) is 9.57. The van der Waals surface area contributed by atoms with Gasteiger partial charge in [0.15, 0.2) is 27.9 Å². The minimum Gasteiger partial charge on any atom is -0.493 e. The van der Waals surface area contributed by atoms with E-state index >= 15 is 0 Å². The van der Waals surface area contributed by atoms with E-state index in [0.717, 1.165) is 18.2 Å². The van der Waals surface area contributed by atoms with Crippen molar-refractivity contribution < 1.29 is 31.4 Å². The second-order valence-electron chi connectivity index (χ2n) is 6.83. The van der Waals surface area contributed by atoms with Gasteiger partial charge in [-0.2, -0.15) is 4.52 Å². The smallest absolute Gasteiger partial charge is 0.246 e. The lowest BCUT2D eigenvalue weighted by Crippen LogP contribution is -2.29. The molecule has 10 nitrogen and oxygen atoms in total. The maximum absolute atomic E-state index is 13.8. The number of hydrogen-bond donors (Lipinski definition) is 1. The van der Waals surface area contributed by atoms with Crippen LogP contribution in [0.4, 0.5) is 8.78 Å². The molecular formula is C21H19F2N5O5S. The first-order valence-corrected chi connectivity index (χ1v) is 11.3. The van der Waals surface area contributed by atoms with Crippen LogP contribution in [0, 0.1) is 11.6 Å². The van der Waals surface area contributed by atoms with Crippen molar-refractivity contribution in [3.05, 3.63) is 60.2 Å². The molecule has 34 heavy (non-hydrogen) atoms. The highest BCUT2D eigenvalue weighted by Crippen LogP contribution is 2.31. The molecule has 2 aromatic heterocycles. The van der Waals surface area contributed by atoms with Crippen LogP contribution in [-0.2, 0) is 10.0 Å². The standard InChI is InChI=1S/C21H19F2N5O5S/c1-31-16-7-6-13(12-17(16)32-2)21-26-25-18-8-9-19(27-28(18)21)33-11-10-24-34(29,30)20-14(22)4-3-5-15(20)23/h3-9,12,24H,10-11H2,1-2H3. The lowest BCUT2D eigenvalue weighted by Gasteiger charge is -2.10. The van der Waals surface area contributed by atoms with Gasteiger partial charge in [0.1, 0.15) is 18.2 Å². The molecular weight excluding hydrogens is 472 g/mol. The predicted molar refractivity (Wildman–Crippen MR) is 116 cm³/mol. The molecule has 1 N–H and O–H groups in total. The van der Waals surface area contributed by atoms with Gasteiger partial charge in [-0.05, 0) is 36.4 Å². The monoisotopic (exact) mass is 491 g/mol. The summed E-state index contributed by atoms with van der Waals surface area (Å²) in [5.74, 6) is -0.744. The normalized spacial score (nSPS) is 11.5. The highest BCUT2D eigenvalue weighted by Gasteiger charge is 2.23. The average molecular weight is 491 g/mol. The number of nitrogens with zero attached hydrogens (tertiary/aromatic N) is 4. The SMILES string of the molecule is COc1ccc(-c2nnc3ccc(OCCNS(=O)(=O)c4c(F)cccc4F)nn23)cc1OC. The molecule has 2 aromatic carbocycles. The number of methoxy groups -OCH3 is 2. The van der Waals surface area contributed by atoms with Gasteiger partial charge in [0.05, 0.1) is 14.2 Å². The molecule has 0 amide bonds. The summed E-state index contributed by atoms with van der Waals surface area (Å²) in [6, 6.07) is 11.2. The van der Waals surface area contributed by atoms with E-state index in [0.29, 0.717) is 28.5 Å². The van der Waals surface area contributed by atoms with E-state index in [4.69, 9.17) is 14.2 Å². The first kappa shape index (κ1) is 23.3. The maximum Gasteiger partial charge on any atom is 0.246 e. The Kier molecular flexibility index (Phi) is 6.56.